The molecule has 1 spiro atoms. The van der Waals surface area contributed by atoms with Crippen LogP contribution in [0.1, 0.15) is 40.9 Å². The van der Waals surface area contributed by atoms with Gasteiger partial charge in [0.25, 0.3) is 0 Å². The minimum Gasteiger partial charge on any atom is -0.341 e. The Bertz CT molecular complexity index is 1500. The Morgan fingerprint density at radius 3 is 2.67 bits per heavy atom. The number of pyridine rings is 1. The molecule has 0 saturated carbocycles. The second-order valence-electron chi connectivity index (χ2n) is 10.3. The molecule has 0 aliphatic carbocycles. The molecule has 2 aromatic heterocycles. The average Bonchev–Trinajstić information content (AvgIpc) is 3.64. The molecule has 2 N–H and O–H groups in total. The van der Waals surface area contributed by atoms with E-state index in [2.05, 4.69) is 36.4 Å². The number of alkyl halides is 3. The number of carbonyl (C=O) groups is 3. The lowest BCUT2D eigenvalue weighted by atomic mass is 9.73. The molecule has 5 heterocycles. The van der Waals surface area contributed by atoms with E-state index in [-0.39, 0.29) is 36.9 Å². The number of rotatable bonds is 4. The number of aromatic amines is 1. The van der Waals surface area contributed by atoms with Gasteiger partial charge in [0.1, 0.15) is 12.2 Å². The molecule has 9 nitrogen and oxygen atoms in total. The van der Waals surface area contributed by atoms with Crippen molar-refractivity contribution in [3.8, 4) is 0 Å². The molecule has 2 saturated heterocycles. The molecule has 3 aliphatic rings. The summed E-state index contributed by atoms with van der Waals surface area (Å²) < 4.78 is 40.0. The highest BCUT2D eigenvalue weighted by molar-refractivity contribution is 9.10. The smallest absolute Gasteiger partial charge is 0.341 e. The van der Waals surface area contributed by atoms with Crippen molar-refractivity contribution in [1.29, 1.82) is 0 Å². The van der Waals surface area contributed by atoms with Crippen molar-refractivity contribution in [2.75, 3.05) is 37.6 Å². The number of hydrogen-bond acceptors (Lipinski definition) is 6. The van der Waals surface area contributed by atoms with Crippen LogP contribution >= 0.6 is 15.9 Å². The molecule has 3 aromatic rings. The molecule has 6 rings (SSSR count). The number of likely N-dealkylation sites (tertiary alicyclic amines) is 1. The van der Waals surface area contributed by atoms with Crippen molar-refractivity contribution in [2.45, 2.75) is 30.9 Å². The number of hydrogen-bond donors (Lipinski definition) is 2. The summed E-state index contributed by atoms with van der Waals surface area (Å²) in [4.78, 5) is 47.4. The van der Waals surface area contributed by atoms with Crippen LogP contribution in [0.15, 0.2) is 35.1 Å². The maximum atomic E-state index is 14.0. The van der Waals surface area contributed by atoms with Gasteiger partial charge in [0, 0.05) is 39.8 Å². The van der Waals surface area contributed by atoms with Crippen LogP contribution in [0.2, 0.25) is 0 Å². The number of H-pyrrole nitrogens is 1. The van der Waals surface area contributed by atoms with Crippen molar-refractivity contribution < 1.29 is 27.6 Å². The zero-order valence-corrected chi connectivity index (χ0v) is 22.2. The Hall–Kier alpha value is -3.32. The van der Waals surface area contributed by atoms with E-state index in [1.54, 1.807) is 24.4 Å². The average molecular weight is 605 g/mol. The van der Waals surface area contributed by atoms with E-state index in [0.717, 1.165) is 5.39 Å². The summed E-state index contributed by atoms with van der Waals surface area (Å²) in [6, 6.07) is 4.88. The number of carbonyl (C=O) groups excluding carboxylic acids is 3. The van der Waals surface area contributed by atoms with Crippen LogP contribution in [0.25, 0.3) is 10.9 Å². The van der Waals surface area contributed by atoms with Gasteiger partial charge in [0.2, 0.25) is 17.6 Å². The zero-order chi connectivity index (χ0) is 27.5. The van der Waals surface area contributed by atoms with Gasteiger partial charge in [-0.25, -0.2) is 0 Å². The maximum absolute atomic E-state index is 14.0. The summed E-state index contributed by atoms with van der Waals surface area (Å²) in [6.07, 6.45) is -0.470. The predicted octanol–water partition coefficient (Wildman–Crippen LogP) is 3.33. The molecular formula is C26H24BrF3N6O3. The molecule has 39 heavy (non-hydrogen) atoms. The third-order valence-corrected chi connectivity index (χ3v) is 8.92. The van der Waals surface area contributed by atoms with Crippen LogP contribution in [0.4, 0.5) is 18.9 Å². The minimum atomic E-state index is -4.37. The molecule has 13 heteroatoms. The fourth-order valence-electron chi connectivity index (χ4n) is 5.96. The van der Waals surface area contributed by atoms with Gasteiger partial charge in [0.15, 0.2) is 0 Å². The number of ketones is 1. The van der Waals surface area contributed by atoms with Gasteiger partial charge < -0.3 is 15.1 Å². The Morgan fingerprint density at radius 1 is 1.18 bits per heavy atom. The number of nitrogens with zero attached hydrogens (tertiary/aromatic N) is 4. The number of benzene rings is 1. The van der Waals surface area contributed by atoms with E-state index in [4.69, 9.17) is 0 Å². The Kier molecular flexibility index (Phi) is 6.25. The fourth-order valence-corrected chi connectivity index (χ4v) is 6.86. The number of nitrogens with one attached hydrogen (secondary N) is 2. The van der Waals surface area contributed by atoms with Crippen LogP contribution in [0.5, 0.6) is 0 Å². The third kappa shape index (κ3) is 4.22. The lowest BCUT2D eigenvalue weighted by molar-refractivity contribution is -0.171. The predicted molar refractivity (Wildman–Crippen MR) is 138 cm³/mol. The molecule has 0 bridgehead atoms. The van der Waals surface area contributed by atoms with Gasteiger partial charge in [-0.3, -0.25) is 24.5 Å². The molecular weight excluding hydrogens is 581 g/mol. The highest BCUT2D eigenvalue weighted by Crippen LogP contribution is 2.51. The van der Waals surface area contributed by atoms with Crippen molar-refractivity contribution in [3.05, 3.63) is 51.9 Å². The normalized spacial score (nSPS) is 20.7. The van der Waals surface area contributed by atoms with Crippen LogP contribution in [-0.2, 0) is 15.0 Å². The van der Waals surface area contributed by atoms with E-state index in [1.165, 1.54) is 16.0 Å². The highest BCUT2D eigenvalue weighted by Gasteiger charge is 2.53. The summed E-state index contributed by atoms with van der Waals surface area (Å²) in [6.45, 7) is 0.366. The first kappa shape index (κ1) is 25.9. The summed E-state index contributed by atoms with van der Waals surface area (Å²) >= 11 is 3.61. The number of halogens is 4. The van der Waals surface area contributed by atoms with E-state index in [9.17, 15) is 27.6 Å². The second-order valence-corrected chi connectivity index (χ2v) is 11.1. The van der Waals surface area contributed by atoms with E-state index >= 15 is 0 Å². The number of anilines is 1. The van der Waals surface area contributed by atoms with Gasteiger partial charge in [-0.2, -0.15) is 18.3 Å². The zero-order valence-electron chi connectivity index (χ0n) is 20.6. The van der Waals surface area contributed by atoms with Crippen molar-refractivity contribution >= 4 is 50.1 Å². The molecule has 0 unspecified atom stereocenters. The number of piperidine rings is 1. The van der Waals surface area contributed by atoms with Gasteiger partial charge >= 0.3 is 6.18 Å². The lowest BCUT2D eigenvalue weighted by Crippen LogP contribution is -2.49. The van der Waals surface area contributed by atoms with Gasteiger partial charge in [0.05, 0.1) is 29.2 Å². The summed E-state index contributed by atoms with van der Waals surface area (Å²) in [5.41, 5.74) is 1.40. The topological polar surface area (TPSA) is 111 Å². The van der Waals surface area contributed by atoms with Gasteiger partial charge in [-0.1, -0.05) is 0 Å². The van der Waals surface area contributed by atoms with E-state index in [1.807, 2.05) is 0 Å². The molecule has 204 valence electrons. The highest BCUT2D eigenvalue weighted by atomic mass is 79.9. The first-order valence-electron chi connectivity index (χ1n) is 12.6. The van der Waals surface area contributed by atoms with Crippen molar-refractivity contribution in [3.63, 3.8) is 0 Å². The SMILES string of the molecule is O=C(c1cc2cn[nH]c2cn1)c1ccc2c(c1Br)C1(CCNCC1)C(=O)N2CC(=O)N1CC[C@@H](C(F)(F)F)C1. The molecule has 1 aromatic carbocycles. The summed E-state index contributed by atoms with van der Waals surface area (Å²) in [5, 5.41) is 10.7. The Morgan fingerprint density at radius 2 is 1.95 bits per heavy atom. The van der Waals surface area contributed by atoms with Gasteiger partial charge in [-0.15, -0.1) is 0 Å². The molecule has 1 atom stereocenters. The second kappa shape index (κ2) is 9.40. The first-order chi connectivity index (χ1) is 18.6. The molecule has 0 radical (unpaired) electrons. The fraction of sp³-hybridized carbons (Fsp3) is 0.423. The number of fused-ring (bicyclic) bond motifs is 3. The number of amides is 2. The largest absolute Gasteiger partial charge is 0.393 e. The van der Waals surface area contributed by atoms with Crippen LogP contribution in [-0.4, -0.2) is 76.6 Å². The van der Waals surface area contributed by atoms with E-state index in [0.29, 0.717) is 52.7 Å². The maximum Gasteiger partial charge on any atom is 0.393 e. The quantitative estimate of drug-likeness (QED) is 0.442. The van der Waals surface area contributed by atoms with Crippen molar-refractivity contribution in [1.82, 2.24) is 25.4 Å². The first-order valence-corrected chi connectivity index (χ1v) is 13.4. The molecule has 2 fully saturated rings. The number of aromatic nitrogens is 3. The third-order valence-electron chi connectivity index (χ3n) is 8.10. The molecule has 2 amide bonds. The minimum absolute atomic E-state index is 0.00188. The molecule has 3 aliphatic heterocycles. The summed E-state index contributed by atoms with van der Waals surface area (Å²) in [5.74, 6) is -2.70. The van der Waals surface area contributed by atoms with Crippen LogP contribution in [0, 0.1) is 5.92 Å². The lowest BCUT2D eigenvalue weighted by Gasteiger charge is -2.33. The van der Waals surface area contributed by atoms with Crippen LogP contribution in [0.3, 0.4) is 0 Å². The van der Waals surface area contributed by atoms with Crippen molar-refractivity contribution in [2.24, 2.45) is 5.92 Å². The monoisotopic (exact) mass is 604 g/mol. The van der Waals surface area contributed by atoms with E-state index < -0.39 is 30.0 Å². The van der Waals surface area contributed by atoms with Gasteiger partial charge in [-0.05, 0) is 66.5 Å². The Balaban J connectivity index is 1.35. The summed E-state index contributed by atoms with van der Waals surface area (Å²) in [7, 11) is 0. The standard InChI is InChI=1S/C26H24BrF3N6O3/c27-22-16(23(38)17-9-14-10-33-34-18(14)11-32-17)1-2-19-21(22)25(4-6-31-7-5-25)24(39)36(19)13-20(37)35-8-3-15(12-35)26(28,29)30/h1-2,9-11,15,31H,3-8,12-13H2,(H,33,34)/t15-/m1/s1. The van der Waals surface area contributed by atoms with Crippen LogP contribution < -0.4 is 10.2 Å². The Labute approximate surface area is 229 Å².